The average Bonchev–Trinajstić information content (AvgIpc) is 2.80. The summed E-state index contributed by atoms with van der Waals surface area (Å²) in [6.07, 6.45) is 4.21. The summed E-state index contributed by atoms with van der Waals surface area (Å²) in [5.41, 5.74) is 0.205. The van der Waals surface area contributed by atoms with Crippen LogP contribution in [0.1, 0.15) is 33.1 Å². The summed E-state index contributed by atoms with van der Waals surface area (Å²) in [4.78, 5) is 0. The third kappa shape index (κ3) is 1.49. The van der Waals surface area contributed by atoms with Gasteiger partial charge in [-0.1, -0.05) is 13.8 Å². The van der Waals surface area contributed by atoms with E-state index in [2.05, 4.69) is 13.8 Å². The zero-order chi connectivity index (χ0) is 8.77. The fourth-order valence-electron chi connectivity index (χ4n) is 1.66. The van der Waals surface area contributed by atoms with Crippen LogP contribution in [0.3, 0.4) is 0 Å². The molecule has 0 N–H and O–H groups in total. The summed E-state index contributed by atoms with van der Waals surface area (Å²) in [5, 5.41) is 0.321. The highest BCUT2D eigenvalue weighted by Gasteiger charge is 2.48. The van der Waals surface area contributed by atoms with Crippen molar-refractivity contribution in [3.8, 4) is 0 Å². The standard InChI is InChI=1S/C10H17ClO/c1-10(2)8(11)5-9(10)12-6-7-3-4-7/h7-9H,3-6H2,1-2H3. The summed E-state index contributed by atoms with van der Waals surface area (Å²) in [5.74, 6) is 0.871. The third-order valence-electron chi connectivity index (χ3n) is 3.29. The molecule has 0 bridgehead atoms. The fourth-order valence-corrected chi connectivity index (χ4v) is 1.96. The van der Waals surface area contributed by atoms with Gasteiger partial charge in [-0.3, -0.25) is 0 Å². The molecule has 0 aromatic carbocycles. The van der Waals surface area contributed by atoms with Crippen LogP contribution in [0.5, 0.6) is 0 Å². The molecule has 0 heterocycles. The van der Waals surface area contributed by atoms with Crippen molar-refractivity contribution in [1.29, 1.82) is 0 Å². The lowest BCUT2D eigenvalue weighted by molar-refractivity contribution is -0.0917. The van der Waals surface area contributed by atoms with E-state index >= 15 is 0 Å². The maximum Gasteiger partial charge on any atom is 0.0654 e. The van der Waals surface area contributed by atoms with E-state index in [1.165, 1.54) is 12.8 Å². The van der Waals surface area contributed by atoms with Crippen molar-refractivity contribution < 1.29 is 4.74 Å². The highest BCUT2D eigenvalue weighted by Crippen LogP contribution is 2.47. The summed E-state index contributed by atoms with van der Waals surface area (Å²) >= 11 is 6.09. The Balaban J connectivity index is 1.74. The van der Waals surface area contributed by atoms with Crippen LogP contribution in [0.4, 0.5) is 0 Å². The molecule has 0 saturated heterocycles. The SMILES string of the molecule is CC1(C)C(Cl)CC1OCC1CC1. The second-order valence-corrected chi connectivity index (χ2v) is 5.32. The number of hydrogen-bond donors (Lipinski definition) is 0. The van der Waals surface area contributed by atoms with Crippen molar-refractivity contribution in [2.24, 2.45) is 11.3 Å². The number of ether oxygens (including phenoxy) is 1. The van der Waals surface area contributed by atoms with Gasteiger partial charge in [0.05, 0.1) is 6.10 Å². The van der Waals surface area contributed by atoms with E-state index in [-0.39, 0.29) is 5.41 Å². The van der Waals surface area contributed by atoms with Crippen LogP contribution in [0, 0.1) is 11.3 Å². The Bertz CT molecular complexity index is 175. The van der Waals surface area contributed by atoms with E-state index in [1.54, 1.807) is 0 Å². The van der Waals surface area contributed by atoms with Crippen LogP contribution < -0.4 is 0 Å². The normalized spacial score (nSPS) is 39.2. The first kappa shape index (κ1) is 8.83. The number of rotatable bonds is 3. The predicted molar refractivity (Wildman–Crippen MR) is 50.5 cm³/mol. The quantitative estimate of drug-likeness (QED) is 0.619. The van der Waals surface area contributed by atoms with Gasteiger partial charge in [-0.05, 0) is 25.2 Å². The monoisotopic (exact) mass is 188 g/mol. The van der Waals surface area contributed by atoms with E-state index < -0.39 is 0 Å². The molecule has 0 aromatic rings. The highest BCUT2D eigenvalue weighted by molar-refractivity contribution is 6.21. The molecular weight excluding hydrogens is 172 g/mol. The van der Waals surface area contributed by atoms with E-state index in [9.17, 15) is 0 Å². The maximum absolute atomic E-state index is 6.09. The Labute approximate surface area is 79.4 Å². The lowest BCUT2D eigenvalue weighted by atomic mass is 9.68. The maximum atomic E-state index is 6.09. The molecule has 0 aliphatic heterocycles. The fraction of sp³-hybridized carbons (Fsp3) is 1.00. The van der Waals surface area contributed by atoms with Crippen molar-refractivity contribution in [2.45, 2.75) is 44.6 Å². The largest absolute Gasteiger partial charge is 0.377 e. The van der Waals surface area contributed by atoms with Gasteiger partial charge in [-0.25, -0.2) is 0 Å². The van der Waals surface area contributed by atoms with Crippen molar-refractivity contribution in [1.82, 2.24) is 0 Å². The van der Waals surface area contributed by atoms with Crippen molar-refractivity contribution in [3.05, 3.63) is 0 Å². The number of hydrogen-bond acceptors (Lipinski definition) is 1. The Morgan fingerprint density at radius 1 is 1.42 bits per heavy atom. The average molecular weight is 189 g/mol. The minimum absolute atomic E-state index is 0.205. The molecule has 2 aliphatic rings. The van der Waals surface area contributed by atoms with E-state index in [1.807, 2.05) is 0 Å². The minimum atomic E-state index is 0.205. The van der Waals surface area contributed by atoms with Crippen LogP contribution in [-0.2, 0) is 4.74 Å². The first-order valence-corrected chi connectivity index (χ1v) is 5.30. The van der Waals surface area contributed by atoms with Gasteiger partial charge < -0.3 is 4.74 Å². The summed E-state index contributed by atoms with van der Waals surface area (Å²) < 4.78 is 5.80. The summed E-state index contributed by atoms with van der Waals surface area (Å²) in [6.45, 7) is 5.37. The molecule has 2 atom stereocenters. The molecular formula is C10H17ClO. The molecule has 0 spiro atoms. The van der Waals surface area contributed by atoms with Crippen LogP contribution in [-0.4, -0.2) is 18.1 Å². The van der Waals surface area contributed by atoms with Gasteiger partial charge in [0.25, 0.3) is 0 Å². The van der Waals surface area contributed by atoms with E-state index in [0.717, 1.165) is 18.9 Å². The van der Waals surface area contributed by atoms with Gasteiger partial charge in [0, 0.05) is 17.4 Å². The van der Waals surface area contributed by atoms with E-state index in [4.69, 9.17) is 16.3 Å². The molecule has 1 nitrogen and oxygen atoms in total. The lowest BCUT2D eigenvalue weighted by Crippen LogP contribution is -2.51. The Kier molecular flexibility index (Phi) is 2.12. The van der Waals surface area contributed by atoms with Crippen LogP contribution >= 0.6 is 11.6 Å². The van der Waals surface area contributed by atoms with E-state index in [0.29, 0.717) is 11.5 Å². The zero-order valence-electron chi connectivity index (χ0n) is 7.85. The van der Waals surface area contributed by atoms with Crippen molar-refractivity contribution in [2.75, 3.05) is 6.61 Å². The third-order valence-corrected chi connectivity index (χ3v) is 4.03. The number of alkyl halides is 1. The second kappa shape index (κ2) is 2.88. The Morgan fingerprint density at radius 3 is 2.50 bits per heavy atom. The summed E-state index contributed by atoms with van der Waals surface area (Å²) in [7, 11) is 0. The van der Waals surface area contributed by atoms with Gasteiger partial charge in [0.15, 0.2) is 0 Å². The van der Waals surface area contributed by atoms with Gasteiger partial charge in [-0.2, -0.15) is 0 Å². The van der Waals surface area contributed by atoms with Crippen LogP contribution in [0.25, 0.3) is 0 Å². The Morgan fingerprint density at radius 2 is 2.08 bits per heavy atom. The number of halogens is 1. The molecule has 2 heteroatoms. The first-order valence-electron chi connectivity index (χ1n) is 4.86. The summed E-state index contributed by atoms with van der Waals surface area (Å²) in [6, 6.07) is 0. The van der Waals surface area contributed by atoms with Crippen molar-refractivity contribution >= 4 is 11.6 Å². The molecule has 2 saturated carbocycles. The topological polar surface area (TPSA) is 9.23 Å². The second-order valence-electron chi connectivity index (χ2n) is 4.79. The molecule has 0 aromatic heterocycles. The molecule has 12 heavy (non-hydrogen) atoms. The highest BCUT2D eigenvalue weighted by atomic mass is 35.5. The van der Waals surface area contributed by atoms with Crippen LogP contribution in [0.15, 0.2) is 0 Å². The van der Waals surface area contributed by atoms with Gasteiger partial charge in [-0.15, -0.1) is 11.6 Å². The van der Waals surface area contributed by atoms with Crippen molar-refractivity contribution in [3.63, 3.8) is 0 Å². The van der Waals surface area contributed by atoms with Crippen LogP contribution in [0.2, 0.25) is 0 Å². The zero-order valence-corrected chi connectivity index (χ0v) is 8.60. The predicted octanol–water partition coefficient (Wildman–Crippen LogP) is 2.82. The first-order chi connectivity index (χ1) is 5.60. The smallest absolute Gasteiger partial charge is 0.0654 e. The van der Waals surface area contributed by atoms with Gasteiger partial charge >= 0.3 is 0 Å². The molecule has 0 radical (unpaired) electrons. The van der Waals surface area contributed by atoms with Gasteiger partial charge in [0.1, 0.15) is 0 Å². The lowest BCUT2D eigenvalue weighted by Gasteiger charge is -2.48. The molecule has 2 fully saturated rings. The Hall–Kier alpha value is 0.250. The van der Waals surface area contributed by atoms with Gasteiger partial charge in [0.2, 0.25) is 0 Å². The minimum Gasteiger partial charge on any atom is -0.377 e. The molecule has 2 aliphatic carbocycles. The molecule has 0 amide bonds. The molecule has 70 valence electrons. The molecule has 2 rings (SSSR count). The molecule has 2 unspecified atom stereocenters.